The number of aryl methyl sites for hydroxylation is 5. The second kappa shape index (κ2) is 103. The van der Waals surface area contributed by atoms with E-state index in [1.165, 1.54) is 89.6 Å². The van der Waals surface area contributed by atoms with Crippen LogP contribution in [-0.2, 0) is 79.1 Å². The molecule has 0 heterocycles. The summed E-state index contributed by atoms with van der Waals surface area (Å²) in [5.74, 6) is -0.761. The topological polar surface area (TPSA) is 71.4 Å². The fourth-order valence-electron chi connectivity index (χ4n) is 5.17. The number of carbonyl (C=O) groups excluding carboxylic acids is 2. The Kier molecular flexibility index (Phi) is 131. The van der Waals surface area contributed by atoms with Gasteiger partial charge < -0.3 is 12.5 Å². The van der Waals surface area contributed by atoms with E-state index in [-0.39, 0.29) is 51.7 Å². The Labute approximate surface area is 556 Å². The van der Waals surface area contributed by atoms with Gasteiger partial charge in [0, 0.05) is 57.7 Å². The molecule has 0 fully saturated rings. The maximum atomic E-state index is 10.9. The summed E-state index contributed by atoms with van der Waals surface area (Å²) in [5.41, 5.74) is 9.14. The van der Waals surface area contributed by atoms with Crippen LogP contribution in [0.3, 0.4) is 0 Å². The smallest absolute Gasteiger partial charge is 0.327 e. The molecule has 0 bridgehead atoms. The fourth-order valence-corrected chi connectivity index (χ4v) is 5.17. The number of carboxylic acid groups (broad SMARTS) is 1. The summed E-state index contributed by atoms with van der Waals surface area (Å²) in [4.78, 5) is 31.0. The van der Waals surface area contributed by atoms with Crippen molar-refractivity contribution in [3.8, 4) is 0 Å². The quantitative estimate of drug-likeness (QED) is 0.0491. The monoisotopic (exact) mass is 1240 g/mol. The minimum atomic E-state index is -0.981. The van der Waals surface area contributed by atoms with Crippen LogP contribution in [0.1, 0.15) is 217 Å². The minimum absolute atomic E-state index is 0. The van der Waals surface area contributed by atoms with Crippen molar-refractivity contribution in [2.45, 2.75) is 223 Å². The van der Waals surface area contributed by atoms with Crippen LogP contribution in [0.4, 0.5) is 0 Å². The van der Waals surface area contributed by atoms with Crippen molar-refractivity contribution in [2.75, 3.05) is 0 Å². The van der Waals surface area contributed by atoms with E-state index in [1.807, 2.05) is 226 Å². The summed E-state index contributed by atoms with van der Waals surface area (Å²) in [5, 5.41) is 7.60. The molecule has 5 aromatic rings. The molecule has 0 aliphatic heterocycles. The molecule has 5 aromatic carbocycles. The number of unbranched alkanes of at least 4 members (excludes halogenated alkanes) is 1. The zero-order chi connectivity index (χ0) is 66.2. The number of ketones is 2. The van der Waals surface area contributed by atoms with Crippen LogP contribution in [0.15, 0.2) is 213 Å². The minimum Gasteiger partial charge on any atom is -0.478 e. The maximum Gasteiger partial charge on any atom is 0.327 e. The fraction of sp³-hybridized carbons (Fsp3) is 0.418. The summed E-state index contributed by atoms with van der Waals surface area (Å²) in [6, 6.07) is 49.6. The van der Waals surface area contributed by atoms with Crippen molar-refractivity contribution in [1.29, 1.82) is 0 Å². The first-order valence-electron chi connectivity index (χ1n) is 31.4. The summed E-state index contributed by atoms with van der Waals surface area (Å²) >= 11 is 0. The molecule has 0 saturated heterocycles. The molecule has 0 atom stereocenters. The Hall–Kier alpha value is -5.57. The van der Waals surface area contributed by atoms with Crippen molar-refractivity contribution >= 4 is 25.4 Å². The van der Waals surface area contributed by atoms with Gasteiger partial charge in [-0.3, -0.25) is 9.59 Å². The van der Waals surface area contributed by atoms with Crippen molar-refractivity contribution in [1.82, 2.24) is 0 Å². The molecule has 6 rings (SSSR count). The number of allylic oxidation sites excluding steroid dienone is 8. The molecule has 0 aromatic heterocycles. The molecule has 0 unspecified atom stereocenters. The van der Waals surface area contributed by atoms with Crippen molar-refractivity contribution in [3.63, 3.8) is 0 Å². The van der Waals surface area contributed by atoms with E-state index in [2.05, 4.69) is 122 Å². The first kappa shape index (κ1) is 107. The van der Waals surface area contributed by atoms with E-state index >= 15 is 0 Å². The molecule has 1 aliphatic rings. The Morgan fingerprint density at radius 1 is 0.447 bits per heavy atom. The number of hydrogen-bond donors (Lipinski definition) is 1. The molecular weight excluding hydrogens is 1110 g/mol. The van der Waals surface area contributed by atoms with Gasteiger partial charge in [-0.1, -0.05) is 334 Å². The molecule has 1 N–H and O–H groups in total. The van der Waals surface area contributed by atoms with Crippen LogP contribution in [0.25, 0.3) is 0 Å². The normalized spacial score (nSPS) is 8.24. The van der Waals surface area contributed by atoms with Gasteiger partial charge in [0.25, 0.3) is 0 Å². The third kappa shape index (κ3) is 95.0. The number of carboxylic acids is 1. The number of carbonyl (C=O) groups is 3. The molecule has 85 heavy (non-hydrogen) atoms. The predicted octanol–water partition coefficient (Wildman–Crippen LogP) is 24.3. The Balaban J connectivity index is -0.0000000717. The third-order valence-electron chi connectivity index (χ3n) is 8.74. The molecule has 0 spiro atoms. The molecule has 475 valence electrons. The van der Waals surface area contributed by atoms with Crippen LogP contribution in [0.2, 0.25) is 0 Å². The van der Waals surface area contributed by atoms with Gasteiger partial charge in [-0.25, -0.2) is 4.79 Å². The second-order valence-electron chi connectivity index (χ2n) is 15.2. The predicted molar refractivity (Wildman–Crippen MR) is 388 cm³/mol. The van der Waals surface area contributed by atoms with Gasteiger partial charge in [0.2, 0.25) is 0 Å². The van der Waals surface area contributed by atoms with Gasteiger partial charge in [-0.05, 0) is 86.8 Å². The maximum absolute atomic E-state index is 10.9. The largest absolute Gasteiger partial charge is 0.478 e. The summed E-state index contributed by atoms with van der Waals surface area (Å²) < 4.78 is 0. The van der Waals surface area contributed by atoms with Crippen LogP contribution in [-0.4, -0.2) is 30.5 Å². The first-order valence-corrected chi connectivity index (χ1v) is 31.4. The van der Waals surface area contributed by atoms with E-state index in [0.717, 1.165) is 18.9 Å². The van der Waals surface area contributed by atoms with Crippen LogP contribution in [0.5, 0.6) is 0 Å². The SMILES string of the molecule is C=CC(=O)CCc1ccccc1.C=CC(=O)CCc1ccccc1.C=CC(=O)O.CC.CC.CC.CC.CC.CC.CC.CC.CC1=CC=[C+]C=C1.CCC.CCC.Cc1ccc(CCCCc2ccccc2)cc1.[B]Cc1ccccc1.[CH3-].[Y]. The van der Waals surface area contributed by atoms with Crippen molar-refractivity contribution < 1.29 is 52.2 Å². The van der Waals surface area contributed by atoms with Crippen LogP contribution in [0, 0.1) is 20.4 Å². The van der Waals surface area contributed by atoms with Gasteiger partial charge in [0.15, 0.2) is 11.6 Å². The molecule has 3 radical (unpaired) electrons. The van der Waals surface area contributed by atoms with Gasteiger partial charge >= 0.3 is 5.97 Å². The summed E-state index contributed by atoms with van der Waals surface area (Å²) in [6.07, 6.45) is 25.2. The molecular formula is C79H129BO4Y. The average Bonchev–Trinajstić information content (AvgIpc) is 3.57. The van der Waals surface area contributed by atoms with Crippen molar-refractivity contribution in [2.24, 2.45) is 0 Å². The van der Waals surface area contributed by atoms with Gasteiger partial charge in [-0.15, -0.1) is 0 Å². The van der Waals surface area contributed by atoms with Crippen LogP contribution >= 0.6 is 0 Å². The molecule has 0 amide bonds. The van der Waals surface area contributed by atoms with Gasteiger partial charge in [0.1, 0.15) is 12.2 Å². The van der Waals surface area contributed by atoms with Gasteiger partial charge in [0.05, 0.1) is 25.6 Å². The standard InChI is InChI=1S/C17H20.2C11H12O.C7H7B.C7H7.C3H4O2.2C3H8.8C2H6.CH3.Y/c1-15-11-13-17(14-12-15)10-6-5-9-16-7-3-2-4-8-16;2*1-2-11(12)9-8-10-6-4-3-5-7-10;8-6-7-4-2-1-3-5-7;1-7-5-3-2-4-6-7;1-2-3(4)5;2*1-3-2;8*1-2;;/h2-4,7-8,11-14H,5-6,9-10H2,1H3;2*2-7H,1,8-9H2;1-5H,6H2;3-6H,1H3;2H,1H2,(H,4,5);2*3H2,1-2H3;8*1-2H3;1H3;/q;;;;+1;;;;;;;;;;;;-1;. The Bertz CT molecular complexity index is 2010. The number of rotatable bonds is 15. The summed E-state index contributed by atoms with van der Waals surface area (Å²) in [6.45, 7) is 54.5. The molecule has 1 aliphatic carbocycles. The van der Waals surface area contributed by atoms with E-state index < -0.39 is 5.97 Å². The first-order chi connectivity index (χ1) is 40.4. The van der Waals surface area contributed by atoms with E-state index in [9.17, 15) is 14.4 Å². The summed E-state index contributed by atoms with van der Waals surface area (Å²) in [7, 11) is 5.35. The molecule has 6 heteroatoms. The van der Waals surface area contributed by atoms with Crippen LogP contribution < -0.4 is 0 Å². The zero-order valence-corrected chi connectivity index (χ0v) is 62.0. The van der Waals surface area contributed by atoms with Gasteiger partial charge in [-0.2, -0.15) is 0 Å². The van der Waals surface area contributed by atoms with E-state index in [0.29, 0.717) is 19.2 Å². The number of hydrogen-bond acceptors (Lipinski definition) is 3. The number of aliphatic carboxylic acids is 1. The zero-order valence-electron chi connectivity index (χ0n) is 59.1. The second-order valence-corrected chi connectivity index (χ2v) is 15.2. The number of benzene rings is 5. The Morgan fingerprint density at radius 3 is 0.906 bits per heavy atom. The van der Waals surface area contributed by atoms with E-state index in [1.54, 1.807) is 0 Å². The third-order valence-corrected chi connectivity index (χ3v) is 8.74. The molecule has 4 nitrogen and oxygen atoms in total. The van der Waals surface area contributed by atoms with Crippen molar-refractivity contribution in [3.05, 3.63) is 260 Å². The molecule has 0 saturated carbocycles. The van der Waals surface area contributed by atoms with E-state index in [4.69, 9.17) is 13.0 Å². The Morgan fingerprint density at radius 2 is 0.706 bits per heavy atom. The average molecular weight is 1240 g/mol.